The van der Waals surface area contributed by atoms with Crippen LogP contribution in [0.1, 0.15) is 35.6 Å². The van der Waals surface area contributed by atoms with E-state index in [4.69, 9.17) is 16.0 Å². The van der Waals surface area contributed by atoms with E-state index < -0.39 is 0 Å². The van der Waals surface area contributed by atoms with Crippen LogP contribution < -0.4 is 5.32 Å². The topological polar surface area (TPSA) is 25.2 Å². The van der Waals surface area contributed by atoms with Gasteiger partial charge in [0.05, 0.1) is 0 Å². The molecule has 1 N–H and O–H groups in total. The molecule has 0 aliphatic rings. The summed E-state index contributed by atoms with van der Waals surface area (Å²) >= 11 is 5.87. The zero-order valence-electron chi connectivity index (χ0n) is 11.7. The van der Waals surface area contributed by atoms with Crippen LogP contribution in [-0.2, 0) is 6.42 Å². The molecule has 1 heterocycles. The van der Waals surface area contributed by atoms with Crippen molar-refractivity contribution >= 4 is 11.6 Å². The molecule has 1 atom stereocenters. The van der Waals surface area contributed by atoms with Crippen LogP contribution in [0.3, 0.4) is 0 Å². The highest BCUT2D eigenvalue weighted by atomic mass is 35.5. The maximum absolute atomic E-state index is 5.87. The Morgan fingerprint density at radius 1 is 1.21 bits per heavy atom. The van der Waals surface area contributed by atoms with Gasteiger partial charge in [-0.15, -0.1) is 0 Å². The summed E-state index contributed by atoms with van der Waals surface area (Å²) in [6.45, 7) is 7.10. The molecule has 1 unspecified atom stereocenters. The van der Waals surface area contributed by atoms with E-state index >= 15 is 0 Å². The molecule has 0 aliphatic carbocycles. The average molecular weight is 278 g/mol. The van der Waals surface area contributed by atoms with Crippen LogP contribution in [-0.4, -0.2) is 6.54 Å². The minimum absolute atomic E-state index is 0.310. The van der Waals surface area contributed by atoms with Crippen LogP contribution in [0, 0.1) is 13.8 Å². The largest absolute Gasteiger partial charge is 0.466 e. The number of hydrogen-bond acceptors (Lipinski definition) is 2. The fraction of sp³-hybridized carbons (Fsp3) is 0.375. The number of benzene rings is 1. The van der Waals surface area contributed by atoms with Gasteiger partial charge in [0.2, 0.25) is 0 Å². The highest BCUT2D eigenvalue weighted by molar-refractivity contribution is 6.30. The molecular formula is C16H20ClNO. The van der Waals surface area contributed by atoms with Gasteiger partial charge in [-0.3, -0.25) is 0 Å². The lowest BCUT2D eigenvalue weighted by Crippen LogP contribution is -2.21. The first-order valence-electron chi connectivity index (χ1n) is 6.61. The molecular weight excluding hydrogens is 258 g/mol. The summed E-state index contributed by atoms with van der Waals surface area (Å²) in [6.07, 6.45) is 0.997. The van der Waals surface area contributed by atoms with Crippen molar-refractivity contribution in [3.63, 3.8) is 0 Å². The minimum atomic E-state index is 0.310. The van der Waals surface area contributed by atoms with Gasteiger partial charge in [-0.2, -0.15) is 0 Å². The van der Waals surface area contributed by atoms with Crippen molar-refractivity contribution in [1.29, 1.82) is 0 Å². The van der Waals surface area contributed by atoms with E-state index in [1.165, 1.54) is 11.1 Å². The Kier molecular flexibility index (Phi) is 4.67. The van der Waals surface area contributed by atoms with Crippen LogP contribution in [0.2, 0.25) is 5.02 Å². The van der Waals surface area contributed by atoms with Crippen molar-refractivity contribution < 1.29 is 4.42 Å². The van der Waals surface area contributed by atoms with Gasteiger partial charge in [-0.05, 0) is 57.5 Å². The molecule has 0 bridgehead atoms. The van der Waals surface area contributed by atoms with Gasteiger partial charge in [-0.1, -0.05) is 23.7 Å². The van der Waals surface area contributed by atoms with E-state index in [0.29, 0.717) is 6.04 Å². The minimum Gasteiger partial charge on any atom is -0.466 e. The molecule has 0 radical (unpaired) electrons. The number of halogens is 1. The molecule has 3 heteroatoms. The Labute approximate surface area is 119 Å². The number of hydrogen-bond donors (Lipinski definition) is 1. The van der Waals surface area contributed by atoms with Gasteiger partial charge < -0.3 is 9.73 Å². The first-order valence-corrected chi connectivity index (χ1v) is 6.99. The van der Waals surface area contributed by atoms with E-state index in [1.54, 1.807) is 0 Å². The second-order valence-electron chi connectivity index (χ2n) is 4.92. The molecule has 2 rings (SSSR count). The SMILES string of the molecule is Cc1cc(C(C)NCCc2ccc(Cl)cc2)c(C)o1. The number of nitrogens with one attached hydrogen (secondary N) is 1. The van der Waals surface area contributed by atoms with E-state index in [9.17, 15) is 0 Å². The zero-order valence-corrected chi connectivity index (χ0v) is 12.4. The maximum atomic E-state index is 5.87. The lowest BCUT2D eigenvalue weighted by atomic mass is 10.1. The van der Waals surface area contributed by atoms with Crippen molar-refractivity contribution in [1.82, 2.24) is 5.32 Å². The van der Waals surface area contributed by atoms with Crippen molar-refractivity contribution in [2.45, 2.75) is 33.2 Å². The van der Waals surface area contributed by atoms with Crippen LogP contribution in [0.25, 0.3) is 0 Å². The van der Waals surface area contributed by atoms with Crippen molar-refractivity contribution in [2.24, 2.45) is 0 Å². The lowest BCUT2D eigenvalue weighted by Gasteiger charge is -2.13. The predicted molar refractivity (Wildman–Crippen MR) is 79.8 cm³/mol. The van der Waals surface area contributed by atoms with Gasteiger partial charge in [0.15, 0.2) is 0 Å². The van der Waals surface area contributed by atoms with Gasteiger partial charge in [0.25, 0.3) is 0 Å². The molecule has 19 heavy (non-hydrogen) atoms. The first-order chi connectivity index (χ1) is 9.06. The average Bonchev–Trinajstić information content (AvgIpc) is 2.71. The lowest BCUT2D eigenvalue weighted by molar-refractivity contribution is 0.490. The summed E-state index contributed by atoms with van der Waals surface area (Å²) in [6, 6.07) is 10.4. The Bertz CT molecular complexity index is 530. The molecule has 0 saturated heterocycles. The molecule has 2 nitrogen and oxygen atoms in total. The second kappa shape index (κ2) is 6.27. The number of aryl methyl sites for hydroxylation is 2. The molecule has 1 aromatic carbocycles. The maximum Gasteiger partial charge on any atom is 0.105 e. The highest BCUT2D eigenvalue weighted by Gasteiger charge is 2.11. The van der Waals surface area contributed by atoms with Crippen LogP contribution in [0.4, 0.5) is 0 Å². The van der Waals surface area contributed by atoms with Gasteiger partial charge in [0.1, 0.15) is 11.5 Å². The monoisotopic (exact) mass is 277 g/mol. The van der Waals surface area contributed by atoms with Crippen molar-refractivity contribution in [2.75, 3.05) is 6.54 Å². The van der Waals surface area contributed by atoms with E-state index in [2.05, 4.69) is 30.4 Å². The predicted octanol–water partition coefficient (Wildman–Crippen LogP) is 4.44. The fourth-order valence-corrected chi connectivity index (χ4v) is 2.40. The number of furan rings is 1. The summed E-state index contributed by atoms with van der Waals surface area (Å²) in [5.74, 6) is 1.97. The second-order valence-corrected chi connectivity index (χ2v) is 5.36. The Morgan fingerprint density at radius 3 is 2.47 bits per heavy atom. The molecule has 0 spiro atoms. The summed E-state index contributed by atoms with van der Waals surface area (Å²) in [7, 11) is 0. The smallest absolute Gasteiger partial charge is 0.105 e. The Balaban J connectivity index is 1.85. The molecule has 1 aromatic heterocycles. The Morgan fingerprint density at radius 2 is 1.89 bits per heavy atom. The Hall–Kier alpha value is -1.25. The van der Waals surface area contributed by atoms with Gasteiger partial charge in [0, 0.05) is 16.6 Å². The van der Waals surface area contributed by atoms with Gasteiger partial charge >= 0.3 is 0 Å². The third-order valence-corrected chi connectivity index (χ3v) is 3.58. The third kappa shape index (κ3) is 3.85. The summed E-state index contributed by atoms with van der Waals surface area (Å²) < 4.78 is 5.56. The summed E-state index contributed by atoms with van der Waals surface area (Å²) in [4.78, 5) is 0. The highest BCUT2D eigenvalue weighted by Crippen LogP contribution is 2.21. The van der Waals surface area contributed by atoms with Crippen LogP contribution >= 0.6 is 11.6 Å². The van der Waals surface area contributed by atoms with Crippen LogP contribution in [0.5, 0.6) is 0 Å². The molecule has 0 fully saturated rings. The molecule has 0 saturated carbocycles. The quantitative estimate of drug-likeness (QED) is 0.874. The van der Waals surface area contributed by atoms with Crippen molar-refractivity contribution in [3.05, 3.63) is 58.0 Å². The van der Waals surface area contributed by atoms with E-state index in [1.807, 2.05) is 26.0 Å². The van der Waals surface area contributed by atoms with Gasteiger partial charge in [-0.25, -0.2) is 0 Å². The van der Waals surface area contributed by atoms with E-state index in [0.717, 1.165) is 29.5 Å². The summed E-state index contributed by atoms with van der Waals surface area (Å²) in [5, 5.41) is 4.31. The zero-order chi connectivity index (χ0) is 13.8. The van der Waals surface area contributed by atoms with E-state index in [-0.39, 0.29) is 0 Å². The first kappa shape index (κ1) is 14.2. The normalized spacial score (nSPS) is 12.6. The molecule has 102 valence electrons. The summed E-state index contributed by atoms with van der Waals surface area (Å²) in [5.41, 5.74) is 2.54. The third-order valence-electron chi connectivity index (χ3n) is 3.32. The fourth-order valence-electron chi connectivity index (χ4n) is 2.27. The number of rotatable bonds is 5. The van der Waals surface area contributed by atoms with Crippen molar-refractivity contribution in [3.8, 4) is 0 Å². The standard InChI is InChI=1S/C16H20ClNO/c1-11-10-16(13(3)19-11)12(2)18-9-8-14-4-6-15(17)7-5-14/h4-7,10,12,18H,8-9H2,1-3H3. The molecule has 2 aromatic rings. The molecule has 0 aliphatic heterocycles. The van der Waals surface area contributed by atoms with Crippen LogP contribution in [0.15, 0.2) is 34.7 Å². The molecule has 0 amide bonds.